The highest BCUT2D eigenvalue weighted by Crippen LogP contribution is 2.35. The molecule has 1 heterocycles. The van der Waals surface area contributed by atoms with Crippen LogP contribution in [0.2, 0.25) is 0 Å². The minimum atomic E-state index is 0.126. The molecule has 0 unspecified atom stereocenters. The van der Waals surface area contributed by atoms with Crippen LogP contribution >= 0.6 is 23.1 Å². The molecule has 0 aliphatic heterocycles. The number of hydrogen-bond donors (Lipinski definition) is 1. The number of thiophene rings is 1. The van der Waals surface area contributed by atoms with Crippen LogP contribution in [-0.4, -0.2) is 11.4 Å². The van der Waals surface area contributed by atoms with Crippen molar-refractivity contribution in [3.8, 4) is 0 Å². The highest BCUT2D eigenvalue weighted by molar-refractivity contribution is 7.99. The molecule has 0 aliphatic rings. The van der Waals surface area contributed by atoms with Crippen LogP contribution in [0.3, 0.4) is 0 Å². The third-order valence-electron chi connectivity index (χ3n) is 2.25. The van der Waals surface area contributed by atoms with E-state index in [1.165, 1.54) is 19.9 Å². The van der Waals surface area contributed by atoms with Crippen LogP contribution in [0.5, 0.6) is 0 Å². The summed E-state index contributed by atoms with van der Waals surface area (Å²) in [6.07, 6.45) is 2.09. The van der Waals surface area contributed by atoms with E-state index in [9.17, 15) is 5.11 Å². The number of benzene rings is 1. The molecule has 2 rings (SSSR count). The molecule has 14 heavy (non-hydrogen) atoms. The van der Waals surface area contributed by atoms with Gasteiger partial charge in [0.15, 0.2) is 0 Å². The minimum Gasteiger partial charge on any atom is -0.392 e. The van der Waals surface area contributed by atoms with E-state index in [-0.39, 0.29) is 6.61 Å². The van der Waals surface area contributed by atoms with Crippen molar-refractivity contribution in [1.82, 2.24) is 0 Å². The summed E-state index contributed by atoms with van der Waals surface area (Å²) in [5.74, 6) is 0. The van der Waals surface area contributed by atoms with E-state index in [1.54, 1.807) is 23.1 Å². The van der Waals surface area contributed by atoms with Gasteiger partial charge in [0.05, 0.1) is 6.61 Å². The summed E-state index contributed by atoms with van der Waals surface area (Å²) < 4.78 is 1.31. The standard InChI is InChI=1S/C11H12OS2/c1-7-5-9-8(6-12)3-4-10(13-2)11(9)14-7/h3-5,12H,6H2,1-2H3. The predicted octanol–water partition coefficient (Wildman–Crippen LogP) is 3.42. The first-order valence-electron chi connectivity index (χ1n) is 4.43. The smallest absolute Gasteiger partial charge is 0.0688 e. The Bertz CT molecular complexity index is 419. The van der Waals surface area contributed by atoms with Crippen molar-refractivity contribution in [3.63, 3.8) is 0 Å². The van der Waals surface area contributed by atoms with Crippen molar-refractivity contribution in [3.05, 3.63) is 28.6 Å². The Balaban J connectivity index is 2.77. The molecule has 0 saturated heterocycles. The summed E-state index contributed by atoms with van der Waals surface area (Å²) in [5, 5.41) is 10.4. The van der Waals surface area contributed by atoms with E-state index in [2.05, 4.69) is 25.3 Å². The third-order valence-corrected chi connectivity index (χ3v) is 4.24. The number of thioether (sulfide) groups is 1. The van der Waals surface area contributed by atoms with Gasteiger partial charge in [-0.3, -0.25) is 0 Å². The Morgan fingerprint density at radius 3 is 2.86 bits per heavy atom. The Labute approximate surface area is 91.8 Å². The van der Waals surface area contributed by atoms with E-state index in [1.807, 2.05) is 6.07 Å². The lowest BCUT2D eigenvalue weighted by Crippen LogP contribution is -1.83. The molecule has 1 aromatic heterocycles. The molecule has 0 radical (unpaired) electrons. The van der Waals surface area contributed by atoms with Crippen LogP contribution in [0, 0.1) is 6.92 Å². The van der Waals surface area contributed by atoms with E-state index in [4.69, 9.17) is 0 Å². The van der Waals surface area contributed by atoms with Crippen LogP contribution < -0.4 is 0 Å². The lowest BCUT2D eigenvalue weighted by molar-refractivity contribution is 0.283. The predicted molar refractivity (Wildman–Crippen MR) is 64.3 cm³/mol. The van der Waals surface area contributed by atoms with Crippen molar-refractivity contribution >= 4 is 33.2 Å². The number of aryl methyl sites for hydroxylation is 1. The first-order chi connectivity index (χ1) is 6.76. The first kappa shape index (κ1) is 10.0. The molecule has 1 nitrogen and oxygen atoms in total. The van der Waals surface area contributed by atoms with Gasteiger partial charge in [-0.25, -0.2) is 0 Å². The summed E-state index contributed by atoms with van der Waals surface area (Å²) in [7, 11) is 0. The minimum absolute atomic E-state index is 0.126. The fraction of sp³-hybridized carbons (Fsp3) is 0.273. The molecular formula is C11H12OS2. The molecule has 3 heteroatoms. The molecule has 0 fully saturated rings. The molecule has 0 aliphatic carbocycles. The summed E-state index contributed by atoms with van der Waals surface area (Å²) >= 11 is 3.56. The van der Waals surface area contributed by atoms with Crippen molar-refractivity contribution in [2.45, 2.75) is 18.4 Å². The van der Waals surface area contributed by atoms with Gasteiger partial charge in [0, 0.05) is 14.5 Å². The number of hydrogen-bond acceptors (Lipinski definition) is 3. The van der Waals surface area contributed by atoms with Gasteiger partial charge in [0.25, 0.3) is 0 Å². The molecule has 0 bridgehead atoms. The number of aliphatic hydroxyl groups excluding tert-OH is 1. The van der Waals surface area contributed by atoms with Crippen molar-refractivity contribution < 1.29 is 5.11 Å². The fourth-order valence-corrected chi connectivity index (χ4v) is 3.42. The van der Waals surface area contributed by atoms with Crippen LogP contribution in [-0.2, 0) is 6.61 Å². The van der Waals surface area contributed by atoms with Crippen molar-refractivity contribution in [2.24, 2.45) is 0 Å². The van der Waals surface area contributed by atoms with Gasteiger partial charge in [0.1, 0.15) is 0 Å². The first-order valence-corrected chi connectivity index (χ1v) is 6.47. The van der Waals surface area contributed by atoms with Crippen LogP contribution in [0.25, 0.3) is 10.1 Å². The molecule has 0 spiro atoms. The van der Waals surface area contributed by atoms with Crippen molar-refractivity contribution in [1.29, 1.82) is 0 Å². The molecule has 1 aromatic carbocycles. The van der Waals surface area contributed by atoms with Gasteiger partial charge in [-0.1, -0.05) is 6.07 Å². The fourth-order valence-electron chi connectivity index (χ4n) is 1.58. The lowest BCUT2D eigenvalue weighted by atomic mass is 10.1. The molecule has 0 saturated carbocycles. The second-order valence-corrected chi connectivity index (χ2v) is 5.29. The van der Waals surface area contributed by atoms with E-state index >= 15 is 0 Å². The number of fused-ring (bicyclic) bond motifs is 1. The van der Waals surface area contributed by atoms with E-state index in [0.717, 1.165) is 5.56 Å². The van der Waals surface area contributed by atoms with Crippen LogP contribution in [0.1, 0.15) is 10.4 Å². The van der Waals surface area contributed by atoms with E-state index in [0.29, 0.717) is 0 Å². The summed E-state index contributed by atoms with van der Waals surface area (Å²) in [6, 6.07) is 6.26. The average molecular weight is 224 g/mol. The topological polar surface area (TPSA) is 20.2 Å². The Kier molecular flexibility index (Phi) is 2.81. The second kappa shape index (κ2) is 3.93. The number of aliphatic hydroxyl groups is 1. The van der Waals surface area contributed by atoms with Gasteiger partial charge in [-0.05, 0) is 36.3 Å². The molecule has 74 valence electrons. The van der Waals surface area contributed by atoms with E-state index < -0.39 is 0 Å². The Hall–Kier alpha value is -0.510. The second-order valence-electron chi connectivity index (χ2n) is 3.18. The Morgan fingerprint density at radius 2 is 2.21 bits per heavy atom. The lowest BCUT2D eigenvalue weighted by Gasteiger charge is -2.02. The monoisotopic (exact) mass is 224 g/mol. The van der Waals surface area contributed by atoms with Gasteiger partial charge in [-0.2, -0.15) is 0 Å². The SMILES string of the molecule is CSc1ccc(CO)c2cc(C)sc12. The average Bonchev–Trinajstić information content (AvgIpc) is 2.57. The zero-order valence-electron chi connectivity index (χ0n) is 8.20. The highest BCUT2D eigenvalue weighted by atomic mass is 32.2. The highest BCUT2D eigenvalue weighted by Gasteiger charge is 2.07. The van der Waals surface area contributed by atoms with Gasteiger partial charge in [-0.15, -0.1) is 23.1 Å². The maximum atomic E-state index is 9.21. The van der Waals surface area contributed by atoms with Gasteiger partial charge in [0.2, 0.25) is 0 Å². The zero-order valence-corrected chi connectivity index (χ0v) is 9.84. The normalized spacial score (nSPS) is 11.1. The summed E-state index contributed by atoms with van der Waals surface area (Å²) in [6.45, 7) is 2.23. The van der Waals surface area contributed by atoms with Gasteiger partial charge < -0.3 is 5.11 Å². The third kappa shape index (κ3) is 1.56. The molecule has 2 aromatic rings. The van der Waals surface area contributed by atoms with Crippen LogP contribution in [0.15, 0.2) is 23.1 Å². The molecule has 0 atom stereocenters. The molecular weight excluding hydrogens is 212 g/mol. The quantitative estimate of drug-likeness (QED) is 0.789. The zero-order chi connectivity index (χ0) is 10.1. The maximum absolute atomic E-state index is 9.21. The summed E-state index contributed by atoms with van der Waals surface area (Å²) in [4.78, 5) is 2.60. The molecule has 0 amide bonds. The van der Waals surface area contributed by atoms with Gasteiger partial charge >= 0.3 is 0 Å². The van der Waals surface area contributed by atoms with Crippen molar-refractivity contribution in [2.75, 3.05) is 6.26 Å². The number of rotatable bonds is 2. The molecule has 1 N–H and O–H groups in total. The van der Waals surface area contributed by atoms with Crippen LogP contribution in [0.4, 0.5) is 0 Å². The Morgan fingerprint density at radius 1 is 1.43 bits per heavy atom. The largest absolute Gasteiger partial charge is 0.392 e. The summed E-state index contributed by atoms with van der Waals surface area (Å²) in [5.41, 5.74) is 1.03. The maximum Gasteiger partial charge on any atom is 0.0688 e.